The first-order valence-corrected chi connectivity index (χ1v) is 4.90. The van der Waals surface area contributed by atoms with Crippen LogP contribution in [0.2, 0.25) is 0 Å². The van der Waals surface area contributed by atoms with Gasteiger partial charge in [0.05, 0.1) is 13.2 Å². The van der Waals surface area contributed by atoms with Crippen molar-refractivity contribution in [3.63, 3.8) is 0 Å². The van der Waals surface area contributed by atoms with Crippen molar-refractivity contribution in [1.82, 2.24) is 0 Å². The van der Waals surface area contributed by atoms with Crippen LogP contribution in [0.1, 0.15) is 15.9 Å². The molecule has 0 N–H and O–H groups in total. The molecule has 0 spiro atoms. The number of ketones is 1. The summed E-state index contributed by atoms with van der Waals surface area (Å²) in [7, 11) is 1.60. The number of ether oxygens (including phenoxy) is 2. The average Bonchev–Trinajstić information content (AvgIpc) is 2.24. The minimum absolute atomic E-state index is 0.00908. The van der Waals surface area contributed by atoms with Gasteiger partial charge in [-0.25, -0.2) is 0 Å². The van der Waals surface area contributed by atoms with Gasteiger partial charge >= 0.3 is 0 Å². The first-order valence-electron chi connectivity index (χ1n) is 4.90. The Balaban J connectivity index is 2.40. The summed E-state index contributed by atoms with van der Waals surface area (Å²) in [5.41, 5.74) is 1.78. The van der Waals surface area contributed by atoms with E-state index in [1.165, 1.54) is 0 Å². The fraction of sp³-hybridized carbons (Fsp3) is 0.417. The highest BCUT2D eigenvalue weighted by Gasteiger charge is 2.05. The largest absolute Gasteiger partial charge is 0.382 e. The van der Waals surface area contributed by atoms with Crippen LogP contribution >= 0.6 is 0 Å². The molecule has 0 heterocycles. The third-order valence-electron chi connectivity index (χ3n) is 2.00. The Labute approximate surface area is 90.0 Å². The van der Waals surface area contributed by atoms with Gasteiger partial charge in [-0.15, -0.1) is 0 Å². The molecular formula is C12H16O3. The molecule has 1 aromatic rings. The number of methoxy groups -OCH3 is 1. The Kier molecular flexibility index (Phi) is 5.01. The van der Waals surface area contributed by atoms with Crippen LogP contribution < -0.4 is 0 Å². The number of hydrogen-bond donors (Lipinski definition) is 0. The van der Waals surface area contributed by atoms with E-state index in [1.54, 1.807) is 13.2 Å². The zero-order chi connectivity index (χ0) is 11.1. The van der Waals surface area contributed by atoms with E-state index in [0.717, 1.165) is 5.56 Å². The number of rotatable bonds is 6. The molecule has 0 bridgehead atoms. The van der Waals surface area contributed by atoms with Gasteiger partial charge in [0.15, 0.2) is 5.78 Å². The Morgan fingerprint density at radius 3 is 2.80 bits per heavy atom. The second kappa shape index (κ2) is 6.32. The second-order valence-corrected chi connectivity index (χ2v) is 3.34. The summed E-state index contributed by atoms with van der Waals surface area (Å²) in [6.45, 7) is 3.05. The second-order valence-electron chi connectivity index (χ2n) is 3.34. The summed E-state index contributed by atoms with van der Waals surface area (Å²) in [5.74, 6) is 0.00908. The lowest BCUT2D eigenvalue weighted by atomic mass is 10.1. The van der Waals surface area contributed by atoms with E-state index in [9.17, 15) is 4.79 Å². The van der Waals surface area contributed by atoms with Crippen molar-refractivity contribution >= 4 is 5.78 Å². The summed E-state index contributed by atoms with van der Waals surface area (Å²) in [6, 6.07) is 7.50. The Bertz CT molecular complexity index is 320. The molecule has 0 radical (unpaired) electrons. The monoisotopic (exact) mass is 208 g/mol. The van der Waals surface area contributed by atoms with E-state index in [0.29, 0.717) is 18.8 Å². The van der Waals surface area contributed by atoms with Crippen molar-refractivity contribution in [2.45, 2.75) is 6.92 Å². The number of benzene rings is 1. The molecule has 3 heteroatoms. The average molecular weight is 208 g/mol. The van der Waals surface area contributed by atoms with Gasteiger partial charge in [0.25, 0.3) is 0 Å². The maximum absolute atomic E-state index is 11.6. The first kappa shape index (κ1) is 11.9. The lowest BCUT2D eigenvalue weighted by Gasteiger charge is -2.03. The van der Waals surface area contributed by atoms with Gasteiger partial charge in [-0.1, -0.05) is 23.8 Å². The lowest BCUT2D eigenvalue weighted by Crippen LogP contribution is -2.12. The van der Waals surface area contributed by atoms with E-state index in [4.69, 9.17) is 9.47 Å². The van der Waals surface area contributed by atoms with Crippen LogP contribution in [0.25, 0.3) is 0 Å². The molecule has 0 aliphatic heterocycles. The van der Waals surface area contributed by atoms with Gasteiger partial charge in [0.1, 0.15) is 6.61 Å². The highest BCUT2D eigenvalue weighted by molar-refractivity contribution is 5.97. The van der Waals surface area contributed by atoms with Gasteiger partial charge in [-0.2, -0.15) is 0 Å². The maximum Gasteiger partial charge on any atom is 0.188 e. The van der Waals surface area contributed by atoms with E-state index in [-0.39, 0.29) is 12.4 Å². The van der Waals surface area contributed by atoms with Crippen LogP contribution in [0.5, 0.6) is 0 Å². The number of Topliss-reactive ketones (excluding diaryl/α,β-unsaturated/α-hetero) is 1. The number of carbonyl (C=O) groups is 1. The van der Waals surface area contributed by atoms with Crippen molar-refractivity contribution in [2.24, 2.45) is 0 Å². The van der Waals surface area contributed by atoms with E-state index in [1.807, 2.05) is 25.1 Å². The normalized spacial score (nSPS) is 10.3. The van der Waals surface area contributed by atoms with Crippen LogP contribution in [0.15, 0.2) is 24.3 Å². The molecule has 15 heavy (non-hydrogen) atoms. The molecular weight excluding hydrogens is 192 g/mol. The maximum atomic E-state index is 11.6. The van der Waals surface area contributed by atoms with Gasteiger partial charge in [0, 0.05) is 12.7 Å². The molecule has 0 aliphatic carbocycles. The third kappa shape index (κ3) is 4.23. The fourth-order valence-corrected chi connectivity index (χ4v) is 1.21. The molecule has 0 fully saturated rings. The first-order chi connectivity index (χ1) is 7.24. The molecule has 3 nitrogen and oxygen atoms in total. The lowest BCUT2D eigenvalue weighted by molar-refractivity contribution is 0.0577. The Morgan fingerprint density at radius 2 is 2.13 bits per heavy atom. The van der Waals surface area contributed by atoms with Crippen molar-refractivity contribution < 1.29 is 14.3 Å². The van der Waals surface area contributed by atoms with E-state index < -0.39 is 0 Å². The minimum Gasteiger partial charge on any atom is -0.382 e. The SMILES string of the molecule is COCCOCC(=O)c1cccc(C)c1. The molecule has 1 rings (SSSR count). The van der Waals surface area contributed by atoms with Crippen LogP contribution in [0.4, 0.5) is 0 Å². The van der Waals surface area contributed by atoms with Gasteiger partial charge in [0.2, 0.25) is 0 Å². The van der Waals surface area contributed by atoms with Crippen LogP contribution in [-0.4, -0.2) is 32.7 Å². The van der Waals surface area contributed by atoms with Crippen LogP contribution in [0, 0.1) is 6.92 Å². The van der Waals surface area contributed by atoms with Crippen molar-refractivity contribution in [3.8, 4) is 0 Å². The van der Waals surface area contributed by atoms with Crippen LogP contribution in [0.3, 0.4) is 0 Å². The topological polar surface area (TPSA) is 35.5 Å². The number of carbonyl (C=O) groups excluding carboxylic acids is 1. The van der Waals surface area contributed by atoms with E-state index >= 15 is 0 Å². The molecule has 0 aliphatic rings. The highest BCUT2D eigenvalue weighted by atomic mass is 16.5. The van der Waals surface area contributed by atoms with Crippen molar-refractivity contribution in [2.75, 3.05) is 26.9 Å². The standard InChI is InChI=1S/C12H16O3/c1-10-4-3-5-11(8-10)12(13)9-15-7-6-14-2/h3-5,8H,6-7,9H2,1-2H3. The Morgan fingerprint density at radius 1 is 1.33 bits per heavy atom. The fourth-order valence-electron chi connectivity index (χ4n) is 1.21. The zero-order valence-corrected chi connectivity index (χ0v) is 9.16. The van der Waals surface area contributed by atoms with Crippen LogP contribution in [-0.2, 0) is 9.47 Å². The summed E-state index contributed by atoms with van der Waals surface area (Å²) in [4.78, 5) is 11.6. The summed E-state index contributed by atoms with van der Waals surface area (Å²) >= 11 is 0. The summed E-state index contributed by atoms with van der Waals surface area (Å²) < 4.78 is 9.97. The molecule has 1 aromatic carbocycles. The molecule has 0 saturated carbocycles. The molecule has 0 unspecified atom stereocenters. The molecule has 0 saturated heterocycles. The smallest absolute Gasteiger partial charge is 0.188 e. The van der Waals surface area contributed by atoms with Gasteiger partial charge in [-0.05, 0) is 13.0 Å². The number of aryl methyl sites for hydroxylation is 1. The summed E-state index contributed by atoms with van der Waals surface area (Å²) in [5, 5.41) is 0. The quantitative estimate of drug-likeness (QED) is 0.528. The predicted octanol–water partition coefficient (Wildman–Crippen LogP) is 1.84. The molecule has 0 aromatic heterocycles. The Hall–Kier alpha value is -1.19. The molecule has 0 amide bonds. The highest BCUT2D eigenvalue weighted by Crippen LogP contribution is 2.04. The molecule has 0 atom stereocenters. The van der Waals surface area contributed by atoms with Crippen molar-refractivity contribution in [1.29, 1.82) is 0 Å². The van der Waals surface area contributed by atoms with Crippen molar-refractivity contribution in [3.05, 3.63) is 35.4 Å². The van der Waals surface area contributed by atoms with E-state index in [2.05, 4.69) is 0 Å². The minimum atomic E-state index is 0.00908. The third-order valence-corrected chi connectivity index (χ3v) is 2.00. The van der Waals surface area contributed by atoms with Gasteiger partial charge < -0.3 is 9.47 Å². The van der Waals surface area contributed by atoms with Gasteiger partial charge in [-0.3, -0.25) is 4.79 Å². The predicted molar refractivity (Wildman–Crippen MR) is 58.2 cm³/mol. The molecule has 82 valence electrons. The number of hydrogen-bond acceptors (Lipinski definition) is 3. The summed E-state index contributed by atoms with van der Waals surface area (Å²) in [6.07, 6.45) is 0. The zero-order valence-electron chi connectivity index (χ0n) is 9.16.